The molecular weight excluding hydrogens is 550 g/mol. The molecule has 1 amide bonds. The summed E-state index contributed by atoms with van der Waals surface area (Å²) in [5.41, 5.74) is 10.7. The maximum atomic E-state index is 14.5. The van der Waals surface area contributed by atoms with Crippen molar-refractivity contribution in [3.8, 4) is 0 Å². The van der Waals surface area contributed by atoms with Crippen molar-refractivity contribution in [3.05, 3.63) is 46.3 Å². The molecule has 0 radical (unpaired) electrons. The number of nitrogens with zero attached hydrogens (tertiary/aromatic N) is 6. The van der Waals surface area contributed by atoms with E-state index in [0.717, 1.165) is 80.9 Å². The number of aromatic nitrogens is 2. The third-order valence-electron chi connectivity index (χ3n) is 9.80. The number of allylic oxidation sites excluding steroid dienone is 1. The van der Waals surface area contributed by atoms with Crippen molar-refractivity contribution in [3.63, 3.8) is 0 Å². The van der Waals surface area contributed by atoms with Crippen molar-refractivity contribution in [1.82, 2.24) is 24.9 Å². The molecule has 0 atom stereocenters. The van der Waals surface area contributed by atoms with E-state index in [0.29, 0.717) is 36.8 Å². The van der Waals surface area contributed by atoms with Gasteiger partial charge < -0.3 is 25.8 Å². The van der Waals surface area contributed by atoms with Gasteiger partial charge in [-0.1, -0.05) is 0 Å². The minimum Gasteiger partial charge on any atom is -0.404 e. The van der Waals surface area contributed by atoms with E-state index in [9.17, 15) is 13.6 Å². The number of alkyl halides is 2. The van der Waals surface area contributed by atoms with Crippen LogP contribution in [0.1, 0.15) is 79.4 Å². The minimum atomic E-state index is -2.67. The highest BCUT2D eigenvalue weighted by atomic mass is 19.3. The SMILES string of the molecule is CN=C/C(=C\N)c1cc2c(cc1C(F)F)N(c1nn(C3CCN(C4CCNCC4)CC3)c3c1CN(C(C)=O)CC3)CCC2. The van der Waals surface area contributed by atoms with E-state index in [1.807, 2.05) is 11.0 Å². The molecule has 0 aliphatic carbocycles. The van der Waals surface area contributed by atoms with Crippen LogP contribution in [0, 0.1) is 0 Å². The summed E-state index contributed by atoms with van der Waals surface area (Å²) in [5, 5.41) is 8.76. The van der Waals surface area contributed by atoms with Crippen molar-refractivity contribution < 1.29 is 13.6 Å². The monoisotopic (exact) mass is 594 g/mol. The largest absolute Gasteiger partial charge is 0.404 e. The number of aryl methyl sites for hydroxylation is 1. The van der Waals surface area contributed by atoms with Gasteiger partial charge in [0.05, 0.1) is 12.6 Å². The Morgan fingerprint density at radius 3 is 2.53 bits per heavy atom. The average molecular weight is 595 g/mol. The van der Waals surface area contributed by atoms with Crippen molar-refractivity contribution in [1.29, 1.82) is 0 Å². The second kappa shape index (κ2) is 12.7. The van der Waals surface area contributed by atoms with E-state index in [1.54, 1.807) is 20.0 Å². The first-order valence-corrected chi connectivity index (χ1v) is 15.8. The van der Waals surface area contributed by atoms with Crippen LogP contribution in [0.15, 0.2) is 23.3 Å². The van der Waals surface area contributed by atoms with Crippen molar-refractivity contribution >= 4 is 29.2 Å². The van der Waals surface area contributed by atoms with Gasteiger partial charge in [0.15, 0.2) is 5.82 Å². The van der Waals surface area contributed by atoms with Gasteiger partial charge in [-0.15, -0.1) is 0 Å². The van der Waals surface area contributed by atoms with Crippen LogP contribution in [-0.4, -0.2) is 84.1 Å². The molecule has 2 saturated heterocycles. The first kappa shape index (κ1) is 29.7. The zero-order valence-electron chi connectivity index (χ0n) is 25.4. The van der Waals surface area contributed by atoms with Gasteiger partial charge in [-0.3, -0.25) is 14.5 Å². The van der Waals surface area contributed by atoms with Gasteiger partial charge in [0, 0.05) is 93.1 Å². The van der Waals surface area contributed by atoms with E-state index < -0.39 is 6.43 Å². The Hall–Kier alpha value is -3.31. The number of carbonyl (C=O) groups is 1. The highest BCUT2D eigenvalue weighted by Gasteiger charge is 2.35. The fourth-order valence-electron chi connectivity index (χ4n) is 7.52. The molecule has 1 aromatic carbocycles. The summed E-state index contributed by atoms with van der Waals surface area (Å²) in [5.74, 6) is 0.849. The molecule has 43 heavy (non-hydrogen) atoms. The lowest BCUT2D eigenvalue weighted by Crippen LogP contribution is -2.47. The molecule has 2 aromatic rings. The van der Waals surface area contributed by atoms with Crippen LogP contribution in [0.25, 0.3) is 5.57 Å². The lowest BCUT2D eigenvalue weighted by molar-refractivity contribution is -0.129. The highest BCUT2D eigenvalue weighted by Crippen LogP contribution is 2.42. The molecule has 3 N–H and O–H groups in total. The second-order valence-electron chi connectivity index (χ2n) is 12.3. The molecule has 0 unspecified atom stereocenters. The zero-order chi connectivity index (χ0) is 30.1. The molecule has 6 rings (SSSR count). The van der Waals surface area contributed by atoms with E-state index >= 15 is 0 Å². The topological polar surface area (TPSA) is 95.0 Å². The first-order chi connectivity index (χ1) is 20.9. The number of aliphatic imine (C=N–C) groups is 1. The average Bonchev–Trinajstić information content (AvgIpc) is 3.42. The number of nitrogens with one attached hydrogen (secondary N) is 1. The van der Waals surface area contributed by atoms with Crippen molar-refractivity contribution in [2.75, 3.05) is 51.2 Å². The second-order valence-corrected chi connectivity index (χ2v) is 12.3. The molecule has 4 aliphatic heterocycles. The number of rotatable bonds is 6. The summed E-state index contributed by atoms with van der Waals surface area (Å²) in [7, 11) is 1.60. The Morgan fingerprint density at radius 1 is 1.09 bits per heavy atom. The highest BCUT2D eigenvalue weighted by molar-refractivity contribution is 6.10. The number of amides is 1. The number of anilines is 2. The number of piperidine rings is 2. The molecular formula is C32H44F2N8O. The molecule has 0 saturated carbocycles. The van der Waals surface area contributed by atoms with Crippen molar-refractivity contribution in [2.24, 2.45) is 10.7 Å². The van der Waals surface area contributed by atoms with Crippen LogP contribution in [0.3, 0.4) is 0 Å². The minimum absolute atomic E-state index is 0.0435. The van der Waals surface area contributed by atoms with Crippen LogP contribution < -0.4 is 16.0 Å². The van der Waals surface area contributed by atoms with Gasteiger partial charge >= 0.3 is 0 Å². The quantitative estimate of drug-likeness (QED) is 0.487. The number of benzene rings is 1. The van der Waals surface area contributed by atoms with Crippen LogP contribution in [0.5, 0.6) is 0 Å². The summed E-state index contributed by atoms with van der Waals surface area (Å²) in [6.07, 6.45) is 7.08. The number of hydrogen-bond donors (Lipinski definition) is 2. The van der Waals surface area contributed by atoms with Gasteiger partial charge in [-0.25, -0.2) is 8.78 Å². The molecule has 4 aliphatic rings. The maximum absolute atomic E-state index is 14.5. The number of likely N-dealkylation sites (tertiary alicyclic amines) is 1. The molecule has 5 heterocycles. The summed E-state index contributed by atoms with van der Waals surface area (Å²) in [6, 6.07) is 4.42. The normalized spacial score (nSPS) is 21.1. The lowest BCUT2D eigenvalue weighted by atomic mass is 9.92. The Bertz CT molecular complexity index is 1390. The van der Waals surface area contributed by atoms with Crippen LogP contribution in [0.2, 0.25) is 0 Å². The third kappa shape index (κ3) is 5.81. The summed E-state index contributed by atoms with van der Waals surface area (Å²) < 4.78 is 31.2. The Labute approximate surface area is 252 Å². The summed E-state index contributed by atoms with van der Waals surface area (Å²) in [6.45, 7) is 7.76. The van der Waals surface area contributed by atoms with E-state index in [4.69, 9.17) is 10.8 Å². The molecule has 232 valence electrons. The van der Waals surface area contributed by atoms with Crippen LogP contribution >= 0.6 is 0 Å². The molecule has 9 nitrogen and oxygen atoms in total. The zero-order valence-corrected chi connectivity index (χ0v) is 25.4. The predicted molar refractivity (Wildman–Crippen MR) is 166 cm³/mol. The van der Waals surface area contributed by atoms with E-state index in [2.05, 4.69) is 24.8 Å². The number of carbonyl (C=O) groups excluding carboxylic acids is 1. The van der Waals surface area contributed by atoms with Gasteiger partial charge in [-0.2, -0.15) is 5.10 Å². The van der Waals surface area contributed by atoms with Crippen LogP contribution in [0.4, 0.5) is 20.3 Å². The molecule has 11 heteroatoms. The Morgan fingerprint density at radius 2 is 1.86 bits per heavy atom. The maximum Gasteiger partial charge on any atom is 0.264 e. The van der Waals surface area contributed by atoms with Gasteiger partial charge in [-0.05, 0) is 74.9 Å². The number of fused-ring (bicyclic) bond motifs is 2. The standard InChI is InChI=1S/C32H44F2N8O/c1-21(43)40-15-9-29-28(20-40)32(38-42(29)25-7-13-39(14-8-25)24-5-10-37-11-6-24)41-12-3-4-22-16-26(23(18-35)19-36-2)27(31(33)34)17-30(22)41/h16-19,24-25,31,37H,3-15,20,35H2,1-2H3/b23-18+,36-19?. The predicted octanol–water partition coefficient (Wildman–Crippen LogP) is 4.20. The Balaban J connectivity index is 1.37. The van der Waals surface area contributed by atoms with Gasteiger partial charge in [0.25, 0.3) is 6.43 Å². The molecule has 1 aromatic heterocycles. The smallest absolute Gasteiger partial charge is 0.264 e. The third-order valence-corrected chi connectivity index (χ3v) is 9.80. The summed E-state index contributed by atoms with van der Waals surface area (Å²) >= 11 is 0. The fraction of sp³-hybridized carbons (Fsp3) is 0.594. The molecule has 0 spiro atoms. The van der Waals surface area contributed by atoms with E-state index in [1.165, 1.54) is 31.0 Å². The van der Waals surface area contributed by atoms with E-state index in [-0.39, 0.29) is 17.5 Å². The van der Waals surface area contributed by atoms with Crippen LogP contribution in [-0.2, 0) is 24.2 Å². The van der Waals surface area contributed by atoms with Crippen molar-refractivity contribution in [2.45, 2.75) is 76.9 Å². The molecule has 0 bridgehead atoms. The Kier molecular flexibility index (Phi) is 8.81. The lowest BCUT2D eigenvalue weighted by Gasteiger charge is -2.40. The first-order valence-electron chi connectivity index (χ1n) is 15.8. The van der Waals surface area contributed by atoms with Gasteiger partial charge in [0.1, 0.15) is 0 Å². The summed E-state index contributed by atoms with van der Waals surface area (Å²) in [4.78, 5) is 23.1. The number of hydrogen-bond acceptors (Lipinski definition) is 7. The fourth-order valence-corrected chi connectivity index (χ4v) is 7.52. The number of nitrogens with two attached hydrogens (primary N) is 1. The number of halogens is 2. The van der Waals surface area contributed by atoms with Gasteiger partial charge in [0.2, 0.25) is 5.91 Å². The molecule has 2 fully saturated rings.